The van der Waals surface area contributed by atoms with Crippen LogP contribution in [0.2, 0.25) is 0 Å². The van der Waals surface area contributed by atoms with Crippen LogP contribution in [-0.4, -0.2) is 73.2 Å². The molecule has 3 rings (SSSR count). The molecule has 0 radical (unpaired) electrons. The Labute approximate surface area is 151 Å². The number of aryl methyl sites for hydroxylation is 1. The Morgan fingerprint density at radius 3 is 2.96 bits per heavy atom. The molecule has 1 aromatic rings. The minimum absolute atomic E-state index is 0.639. The molecular formula is C19H31N5O. The van der Waals surface area contributed by atoms with Crippen LogP contribution in [0.15, 0.2) is 23.3 Å². The fourth-order valence-electron chi connectivity index (χ4n) is 3.58. The van der Waals surface area contributed by atoms with Gasteiger partial charge in [0.25, 0.3) is 0 Å². The molecule has 0 aliphatic carbocycles. The van der Waals surface area contributed by atoms with Crippen molar-refractivity contribution >= 4 is 5.96 Å². The lowest BCUT2D eigenvalue weighted by molar-refractivity contribution is 0.0315. The van der Waals surface area contributed by atoms with Gasteiger partial charge in [0.2, 0.25) is 0 Å². The third-order valence-electron chi connectivity index (χ3n) is 5.04. The van der Waals surface area contributed by atoms with Crippen LogP contribution in [0.3, 0.4) is 0 Å². The van der Waals surface area contributed by atoms with Crippen molar-refractivity contribution in [3.63, 3.8) is 0 Å². The summed E-state index contributed by atoms with van der Waals surface area (Å²) in [5.41, 5.74) is 2.26. The van der Waals surface area contributed by atoms with Gasteiger partial charge >= 0.3 is 0 Å². The van der Waals surface area contributed by atoms with Gasteiger partial charge in [0, 0.05) is 45.5 Å². The highest BCUT2D eigenvalue weighted by molar-refractivity contribution is 5.80. The number of nitrogens with one attached hydrogen (secondary N) is 1. The highest BCUT2D eigenvalue weighted by Crippen LogP contribution is 2.18. The van der Waals surface area contributed by atoms with Crippen molar-refractivity contribution < 1.29 is 4.74 Å². The van der Waals surface area contributed by atoms with E-state index in [0.29, 0.717) is 6.54 Å². The molecule has 2 aliphatic heterocycles. The summed E-state index contributed by atoms with van der Waals surface area (Å²) < 4.78 is 5.45. The molecule has 0 aromatic carbocycles. The predicted molar refractivity (Wildman–Crippen MR) is 101 cm³/mol. The third kappa shape index (κ3) is 5.16. The Hall–Kier alpha value is -1.66. The van der Waals surface area contributed by atoms with Gasteiger partial charge in [0.05, 0.1) is 25.5 Å². The smallest absolute Gasteiger partial charge is 0.194 e. The topological polar surface area (TPSA) is 53.0 Å². The second-order valence-corrected chi connectivity index (χ2v) is 6.95. The molecule has 2 saturated heterocycles. The lowest BCUT2D eigenvalue weighted by Gasteiger charge is -2.29. The van der Waals surface area contributed by atoms with E-state index in [1.54, 1.807) is 0 Å². The molecule has 1 unspecified atom stereocenters. The van der Waals surface area contributed by atoms with Gasteiger partial charge in [-0.2, -0.15) is 0 Å². The summed E-state index contributed by atoms with van der Waals surface area (Å²) in [7, 11) is 0. The van der Waals surface area contributed by atoms with Gasteiger partial charge in [-0.25, -0.2) is 4.99 Å². The van der Waals surface area contributed by atoms with Gasteiger partial charge in [-0.15, -0.1) is 0 Å². The van der Waals surface area contributed by atoms with Crippen LogP contribution in [0, 0.1) is 12.8 Å². The Morgan fingerprint density at radius 2 is 2.20 bits per heavy atom. The minimum atomic E-state index is 0.639. The second-order valence-electron chi connectivity index (χ2n) is 6.95. The van der Waals surface area contributed by atoms with Crippen LogP contribution in [0.25, 0.3) is 0 Å². The zero-order chi connectivity index (χ0) is 17.5. The Kier molecular flexibility index (Phi) is 6.64. The number of rotatable bonds is 5. The number of morpholine rings is 1. The number of pyridine rings is 1. The highest BCUT2D eigenvalue weighted by atomic mass is 16.5. The molecule has 1 atom stereocenters. The molecule has 6 heteroatoms. The number of hydrogen-bond donors (Lipinski definition) is 1. The van der Waals surface area contributed by atoms with Gasteiger partial charge in [0.15, 0.2) is 5.96 Å². The van der Waals surface area contributed by atoms with E-state index in [9.17, 15) is 0 Å². The Bertz CT molecular complexity index is 571. The maximum atomic E-state index is 5.45. The lowest BCUT2D eigenvalue weighted by Crippen LogP contribution is -2.42. The van der Waals surface area contributed by atoms with Gasteiger partial charge in [-0.05, 0) is 37.8 Å². The molecular weight excluding hydrogens is 314 g/mol. The van der Waals surface area contributed by atoms with Crippen molar-refractivity contribution in [2.45, 2.75) is 26.8 Å². The monoisotopic (exact) mass is 345 g/mol. The number of guanidine groups is 1. The van der Waals surface area contributed by atoms with E-state index in [1.807, 2.05) is 12.3 Å². The van der Waals surface area contributed by atoms with Gasteiger partial charge in [-0.3, -0.25) is 9.88 Å². The van der Waals surface area contributed by atoms with Crippen LogP contribution < -0.4 is 5.32 Å². The van der Waals surface area contributed by atoms with Crippen LogP contribution in [0.1, 0.15) is 24.6 Å². The molecule has 0 spiro atoms. The van der Waals surface area contributed by atoms with E-state index in [0.717, 1.165) is 63.5 Å². The summed E-state index contributed by atoms with van der Waals surface area (Å²) in [5, 5.41) is 3.45. The zero-order valence-corrected chi connectivity index (χ0v) is 15.6. The number of hydrogen-bond acceptors (Lipinski definition) is 4. The number of ether oxygens (including phenoxy) is 1. The molecule has 0 bridgehead atoms. The molecule has 25 heavy (non-hydrogen) atoms. The molecule has 0 amide bonds. The van der Waals surface area contributed by atoms with Crippen molar-refractivity contribution in [3.05, 3.63) is 29.6 Å². The molecule has 1 aromatic heterocycles. The van der Waals surface area contributed by atoms with Crippen LogP contribution in [0.5, 0.6) is 0 Å². The largest absolute Gasteiger partial charge is 0.379 e. The predicted octanol–water partition coefficient (Wildman–Crippen LogP) is 1.51. The number of aliphatic imine (C=N–C) groups is 1. The molecule has 1 N–H and O–H groups in total. The van der Waals surface area contributed by atoms with Crippen molar-refractivity contribution in [3.8, 4) is 0 Å². The van der Waals surface area contributed by atoms with E-state index in [4.69, 9.17) is 9.73 Å². The first-order valence-electron chi connectivity index (χ1n) is 9.50. The second kappa shape index (κ2) is 9.15. The van der Waals surface area contributed by atoms with Crippen molar-refractivity contribution in [1.82, 2.24) is 20.1 Å². The number of nitrogens with zero attached hydrogens (tertiary/aromatic N) is 4. The van der Waals surface area contributed by atoms with Crippen molar-refractivity contribution in [2.24, 2.45) is 10.9 Å². The molecule has 3 heterocycles. The van der Waals surface area contributed by atoms with Gasteiger partial charge in [-0.1, -0.05) is 6.07 Å². The first kappa shape index (κ1) is 18.1. The SMILES string of the molecule is CCNC(=NCc1ncccc1C)N1CCC(CN2CCOCC2)C1. The van der Waals surface area contributed by atoms with E-state index in [2.05, 4.69) is 40.0 Å². The zero-order valence-electron chi connectivity index (χ0n) is 15.6. The van der Waals surface area contributed by atoms with E-state index in [-0.39, 0.29) is 0 Å². The first-order chi connectivity index (χ1) is 12.3. The summed E-state index contributed by atoms with van der Waals surface area (Å²) in [5.74, 6) is 1.75. The van der Waals surface area contributed by atoms with Gasteiger partial charge in [0.1, 0.15) is 0 Å². The van der Waals surface area contributed by atoms with Crippen molar-refractivity contribution in [2.75, 3.05) is 52.5 Å². The Balaban J connectivity index is 1.57. The molecule has 2 fully saturated rings. The average molecular weight is 345 g/mol. The molecule has 138 valence electrons. The maximum Gasteiger partial charge on any atom is 0.194 e. The standard InChI is InChI=1S/C19H31N5O/c1-3-20-19(22-13-18-16(2)5-4-7-21-18)24-8-6-17(15-24)14-23-9-11-25-12-10-23/h4-5,7,17H,3,6,8-15H2,1-2H3,(H,20,22). The molecule has 6 nitrogen and oxygen atoms in total. The molecule has 2 aliphatic rings. The summed E-state index contributed by atoms with van der Waals surface area (Å²) >= 11 is 0. The Morgan fingerprint density at radius 1 is 1.36 bits per heavy atom. The highest BCUT2D eigenvalue weighted by Gasteiger charge is 2.27. The number of aromatic nitrogens is 1. The molecule has 0 saturated carbocycles. The minimum Gasteiger partial charge on any atom is -0.379 e. The first-order valence-corrected chi connectivity index (χ1v) is 9.50. The summed E-state index contributed by atoms with van der Waals surface area (Å²) in [6.07, 6.45) is 3.09. The quantitative estimate of drug-likeness (QED) is 0.648. The van der Waals surface area contributed by atoms with Crippen LogP contribution in [-0.2, 0) is 11.3 Å². The van der Waals surface area contributed by atoms with E-state index in [1.165, 1.54) is 18.5 Å². The van der Waals surface area contributed by atoms with Crippen molar-refractivity contribution in [1.29, 1.82) is 0 Å². The maximum absolute atomic E-state index is 5.45. The van der Waals surface area contributed by atoms with E-state index >= 15 is 0 Å². The van der Waals surface area contributed by atoms with Crippen LogP contribution in [0.4, 0.5) is 0 Å². The average Bonchev–Trinajstić information content (AvgIpc) is 3.09. The summed E-state index contributed by atoms with van der Waals surface area (Å²) in [4.78, 5) is 14.3. The lowest BCUT2D eigenvalue weighted by atomic mass is 10.1. The number of likely N-dealkylation sites (tertiary alicyclic amines) is 1. The normalized spacial score (nSPS) is 22.4. The van der Waals surface area contributed by atoms with Crippen LogP contribution >= 0.6 is 0 Å². The fraction of sp³-hybridized carbons (Fsp3) is 0.684. The van der Waals surface area contributed by atoms with Gasteiger partial charge < -0.3 is 15.0 Å². The summed E-state index contributed by atoms with van der Waals surface area (Å²) in [6, 6.07) is 4.07. The van der Waals surface area contributed by atoms with E-state index < -0.39 is 0 Å². The fourth-order valence-corrected chi connectivity index (χ4v) is 3.58. The summed E-state index contributed by atoms with van der Waals surface area (Å²) in [6.45, 7) is 13.0. The third-order valence-corrected chi connectivity index (χ3v) is 5.04.